The van der Waals surface area contributed by atoms with E-state index in [2.05, 4.69) is 10.5 Å². The number of amides is 2. The van der Waals surface area contributed by atoms with Gasteiger partial charge in [-0.25, -0.2) is 0 Å². The molecule has 0 unspecified atom stereocenters. The number of aryl methyl sites for hydroxylation is 2. The van der Waals surface area contributed by atoms with Crippen LogP contribution in [0.2, 0.25) is 0 Å². The minimum absolute atomic E-state index is 0.168. The van der Waals surface area contributed by atoms with Crippen LogP contribution >= 0.6 is 0 Å². The van der Waals surface area contributed by atoms with Crippen molar-refractivity contribution in [1.29, 1.82) is 0 Å². The Balaban J connectivity index is 2.14. The fourth-order valence-electron chi connectivity index (χ4n) is 2.09. The number of anilines is 2. The molecule has 0 aliphatic rings. The molecule has 0 spiro atoms. The number of benzene rings is 1. The molecule has 23 heavy (non-hydrogen) atoms. The smallest absolute Gasteiger partial charge is 0.244 e. The Labute approximate surface area is 134 Å². The molecule has 0 radical (unpaired) electrons. The number of ether oxygens (including phenoxy) is 1. The van der Waals surface area contributed by atoms with Gasteiger partial charge in [0.1, 0.15) is 18.1 Å². The molecule has 0 aliphatic carbocycles. The summed E-state index contributed by atoms with van der Waals surface area (Å²) in [6.45, 7) is 4.82. The van der Waals surface area contributed by atoms with Crippen molar-refractivity contribution in [2.24, 2.45) is 0 Å². The average Bonchev–Trinajstić information content (AvgIpc) is 2.91. The maximum atomic E-state index is 12.3. The second-order valence-corrected chi connectivity index (χ2v) is 5.15. The zero-order valence-electron chi connectivity index (χ0n) is 13.5. The van der Waals surface area contributed by atoms with E-state index in [0.717, 1.165) is 5.56 Å². The molecule has 7 heteroatoms. The Morgan fingerprint density at radius 2 is 2.04 bits per heavy atom. The van der Waals surface area contributed by atoms with Crippen LogP contribution in [0, 0.1) is 13.8 Å². The quantitative estimate of drug-likeness (QED) is 0.914. The molecular formula is C16H19N3O4. The van der Waals surface area contributed by atoms with Crippen LogP contribution in [0.5, 0.6) is 5.75 Å². The van der Waals surface area contributed by atoms with Crippen molar-refractivity contribution in [3.8, 4) is 5.75 Å². The van der Waals surface area contributed by atoms with Crippen LogP contribution in [0.15, 0.2) is 28.8 Å². The lowest BCUT2D eigenvalue weighted by molar-refractivity contribution is -0.120. The topological polar surface area (TPSA) is 84.7 Å². The molecule has 1 N–H and O–H groups in total. The van der Waals surface area contributed by atoms with Crippen molar-refractivity contribution in [2.75, 3.05) is 23.9 Å². The van der Waals surface area contributed by atoms with Crippen LogP contribution in [0.4, 0.5) is 11.5 Å². The second-order valence-electron chi connectivity index (χ2n) is 5.15. The number of hydrogen-bond acceptors (Lipinski definition) is 5. The predicted octanol–water partition coefficient (Wildman–Crippen LogP) is 2.29. The molecule has 1 heterocycles. The van der Waals surface area contributed by atoms with E-state index >= 15 is 0 Å². The second kappa shape index (κ2) is 6.95. The van der Waals surface area contributed by atoms with Crippen molar-refractivity contribution in [2.45, 2.75) is 20.8 Å². The maximum absolute atomic E-state index is 12.3. The van der Waals surface area contributed by atoms with Crippen molar-refractivity contribution in [3.05, 3.63) is 35.6 Å². The van der Waals surface area contributed by atoms with Crippen LogP contribution < -0.4 is 15.0 Å². The summed E-state index contributed by atoms with van der Waals surface area (Å²) in [6.07, 6.45) is 0. The number of rotatable bonds is 5. The first-order chi connectivity index (χ1) is 10.9. The van der Waals surface area contributed by atoms with Gasteiger partial charge in [0.2, 0.25) is 11.8 Å². The average molecular weight is 317 g/mol. The molecule has 0 aliphatic heterocycles. The van der Waals surface area contributed by atoms with Gasteiger partial charge in [0, 0.05) is 13.0 Å². The Bertz CT molecular complexity index is 724. The molecule has 1 aromatic heterocycles. The summed E-state index contributed by atoms with van der Waals surface area (Å²) in [6, 6.07) is 7.06. The highest BCUT2D eigenvalue weighted by atomic mass is 16.5. The van der Waals surface area contributed by atoms with E-state index in [1.54, 1.807) is 25.1 Å². The summed E-state index contributed by atoms with van der Waals surface area (Å²) in [7, 11) is 1.53. The number of nitrogens with one attached hydrogen (secondary N) is 1. The lowest BCUT2D eigenvalue weighted by atomic mass is 10.2. The molecule has 0 saturated heterocycles. The Morgan fingerprint density at radius 3 is 2.61 bits per heavy atom. The van der Waals surface area contributed by atoms with Crippen LogP contribution in [0.3, 0.4) is 0 Å². The summed E-state index contributed by atoms with van der Waals surface area (Å²) in [5.74, 6) is 0.762. The number of methoxy groups -OCH3 is 1. The van der Waals surface area contributed by atoms with Gasteiger partial charge < -0.3 is 14.6 Å². The van der Waals surface area contributed by atoms with Crippen LogP contribution in [-0.2, 0) is 9.59 Å². The van der Waals surface area contributed by atoms with E-state index in [0.29, 0.717) is 23.0 Å². The van der Waals surface area contributed by atoms with Gasteiger partial charge in [-0.15, -0.1) is 0 Å². The van der Waals surface area contributed by atoms with E-state index in [-0.39, 0.29) is 18.4 Å². The predicted molar refractivity (Wildman–Crippen MR) is 85.6 cm³/mol. The number of carbonyl (C=O) groups is 2. The molecule has 0 bridgehead atoms. The number of hydrogen-bond donors (Lipinski definition) is 1. The molecule has 0 fully saturated rings. The third-order valence-electron chi connectivity index (χ3n) is 3.20. The molecule has 0 saturated carbocycles. The minimum Gasteiger partial charge on any atom is -0.495 e. The number of carbonyl (C=O) groups excluding carboxylic acids is 2. The van der Waals surface area contributed by atoms with Crippen LogP contribution in [0.1, 0.15) is 18.2 Å². The third kappa shape index (κ3) is 4.09. The van der Waals surface area contributed by atoms with Crippen molar-refractivity contribution < 1.29 is 18.8 Å². The first-order valence-electron chi connectivity index (χ1n) is 7.06. The van der Waals surface area contributed by atoms with Crippen LogP contribution in [0.25, 0.3) is 0 Å². The van der Waals surface area contributed by atoms with Crippen molar-refractivity contribution in [3.63, 3.8) is 0 Å². The van der Waals surface area contributed by atoms with E-state index < -0.39 is 0 Å². The zero-order chi connectivity index (χ0) is 17.0. The zero-order valence-corrected chi connectivity index (χ0v) is 13.5. The van der Waals surface area contributed by atoms with Gasteiger partial charge in [-0.05, 0) is 31.5 Å². The van der Waals surface area contributed by atoms with Crippen molar-refractivity contribution in [1.82, 2.24) is 5.16 Å². The lowest BCUT2D eigenvalue weighted by Gasteiger charge is -2.18. The van der Waals surface area contributed by atoms with Gasteiger partial charge in [0.25, 0.3) is 0 Å². The summed E-state index contributed by atoms with van der Waals surface area (Å²) in [4.78, 5) is 25.3. The Hall–Kier alpha value is -2.83. The number of nitrogens with zero attached hydrogens (tertiary/aromatic N) is 2. The highest BCUT2D eigenvalue weighted by molar-refractivity contribution is 6.01. The highest BCUT2D eigenvalue weighted by Gasteiger charge is 2.19. The van der Waals surface area contributed by atoms with Gasteiger partial charge in [0.15, 0.2) is 5.82 Å². The van der Waals surface area contributed by atoms with E-state index in [4.69, 9.17) is 9.26 Å². The summed E-state index contributed by atoms with van der Waals surface area (Å²) < 4.78 is 10.2. The van der Waals surface area contributed by atoms with E-state index in [1.807, 2.05) is 13.0 Å². The summed E-state index contributed by atoms with van der Waals surface area (Å²) >= 11 is 0. The maximum Gasteiger partial charge on any atom is 0.244 e. The molecular weight excluding hydrogens is 298 g/mol. The Kier molecular flexibility index (Phi) is 5.00. The molecule has 2 amide bonds. The first-order valence-corrected chi connectivity index (χ1v) is 7.06. The molecule has 7 nitrogen and oxygen atoms in total. The molecule has 2 aromatic rings. The van der Waals surface area contributed by atoms with Gasteiger partial charge in [-0.1, -0.05) is 11.2 Å². The fraction of sp³-hybridized carbons (Fsp3) is 0.312. The lowest BCUT2D eigenvalue weighted by Crippen LogP contribution is -2.37. The van der Waals surface area contributed by atoms with E-state index in [1.165, 1.54) is 18.9 Å². The molecule has 0 atom stereocenters. The standard InChI is InChI=1S/C16H19N3O4/c1-10-5-6-14(22-4)13(7-10)17-16(21)9-19(12(3)20)15-8-11(2)23-18-15/h5-8H,9H2,1-4H3,(H,17,21). The molecule has 122 valence electrons. The minimum atomic E-state index is -0.357. The van der Waals surface area contributed by atoms with Gasteiger partial charge >= 0.3 is 0 Å². The van der Waals surface area contributed by atoms with E-state index in [9.17, 15) is 9.59 Å². The monoisotopic (exact) mass is 317 g/mol. The Morgan fingerprint density at radius 1 is 1.30 bits per heavy atom. The summed E-state index contributed by atoms with van der Waals surface area (Å²) in [5.41, 5.74) is 1.54. The highest BCUT2D eigenvalue weighted by Crippen LogP contribution is 2.25. The third-order valence-corrected chi connectivity index (χ3v) is 3.20. The van der Waals surface area contributed by atoms with Crippen molar-refractivity contribution >= 4 is 23.3 Å². The molecule has 2 rings (SSSR count). The van der Waals surface area contributed by atoms with Crippen LogP contribution in [-0.4, -0.2) is 30.6 Å². The fourth-order valence-corrected chi connectivity index (χ4v) is 2.09. The summed E-state index contributed by atoms with van der Waals surface area (Å²) in [5, 5.41) is 6.52. The number of aromatic nitrogens is 1. The van der Waals surface area contributed by atoms with Gasteiger partial charge in [-0.2, -0.15) is 0 Å². The SMILES string of the molecule is COc1ccc(C)cc1NC(=O)CN(C(C)=O)c1cc(C)on1. The largest absolute Gasteiger partial charge is 0.495 e. The van der Waals surface area contributed by atoms with Gasteiger partial charge in [0.05, 0.1) is 12.8 Å². The normalized spacial score (nSPS) is 10.3. The van der Waals surface area contributed by atoms with Gasteiger partial charge in [-0.3, -0.25) is 14.5 Å². The molecule has 1 aromatic carbocycles. The first kappa shape index (κ1) is 16.5.